The second kappa shape index (κ2) is 10.0. The van der Waals surface area contributed by atoms with Crippen molar-refractivity contribution < 1.29 is 9.53 Å². The monoisotopic (exact) mass is 463 g/mol. The molecule has 0 spiro atoms. The molecule has 2 aromatic heterocycles. The number of ether oxygens (including phenoxy) is 1. The molecule has 8 heteroatoms. The fraction of sp³-hybridized carbons (Fsp3) is 0.696. The molecule has 1 N–H and O–H groups in total. The van der Waals surface area contributed by atoms with Gasteiger partial charge in [0.1, 0.15) is 4.83 Å². The zero-order chi connectivity index (χ0) is 22.0. The Morgan fingerprint density at radius 3 is 2.87 bits per heavy atom. The Hall–Kier alpha value is -1.38. The number of aryl methyl sites for hydroxylation is 2. The number of aromatic nitrogens is 2. The maximum Gasteiger partial charge on any atom is 0.263 e. The number of amides is 1. The average Bonchev–Trinajstić information content (AvgIpc) is 3.13. The fourth-order valence-corrected chi connectivity index (χ4v) is 7.01. The highest BCUT2D eigenvalue weighted by atomic mass is 32.2. The maximum atomic E-state index is 13.4. The number of thioether (sulfide) groups is 1. The van der Waals surface area contributed by atoms with Crippen LogP contribution in [-0.2, 0) is 28.9 Å². The molecule has 0 bridgehead atoms. The van der Waals surface area contributed by atoms with E-state index in [1.807, 2.05) is 0 Å². The third-order valence-corrected chi connectivity index (χ3v) is 9.11. The van der Waals surface area contributed by atoms with Crippen LogP contribution in [-0.4, -0.2) is 41.0 Å². The molecule has 6 nitrogen and oxygen atoms in total. The van der Waals surface area contributed by atoms with E-state index in [0.29, 0.717) is 30.1 Å². The molecule has 1 fully saturated rings. The summed E-state index contributed by atoms with van der Waals surface area (Å²) >= 11 is 3.02. The van der Waals surface area contributed by atoms with E-state index in [-0.39, 0.29) is 23.3 Å². The van der Waals surface area contributed by atoms with Crippen molar-refractivity contribution in [3.63, 3.8) is 0 Å². The van der Waals surface area contributed by atoms with Crippen LogP contribution < -0.4 is 10.9 Å². The van der Waals surface area contributed by atoms with Crippen molar-refractivity contribution >= 4 is 39.2 Å². The van der Waals surface area contributed by atoms with Crippen molar-refractivity contribution in [3.8, 4) is 0 Å². The molecular weight excluding hydrogens is 430 g/mol. The van der Waals surface area contributed by atoms with Crippen LogP contribution in [0.2, 0.25) is 0 Å². The standard InChI is InChI=1S/C23H33N3O3S2/c1-14-7-6-9-17(15(14)2)24-19(27)13-30-23-25-21-20(22(28)26(23)11-12-29-3)16-8-4-5-10-18(16)31-21/h14-15,17H,4-13H2,1-3H3,(H,24,27)/t14-,15-,17+/m1/s1. The van der Waals surface area contributed by atoms with Gasteiger partial charge in [0.25, 0.3) is 5.56 Å². The first-order valence-electron chi connectivity index (χ1n) is 11.5. The molecule has 170 valence electrons. The van der Waals surface area contributed by atoms with Crippen LogP contribution in [0.4, 0.5) is 0 Å². The molecule has 2 aliphatic rings. The summed E-state index contributed by atoms with van der Waals surface area (Å²) in [5, 5.41) is 4.63. The highest BCUT2D eigenvalue weighted by molar-refractivity contribution is 7.99. The average molecular weight is 464 g/mol. The van der Waals surface area contributed by atoms with Gasteiger partial charge in [0.2, 0.25) is 5.91 Å². The number of hydrogen-bond donors (Lipinski definition) is 1. The van der Waals surface area contributed by atoms with Crippen LogP contribution in [0.1, 0.15) is 56.4 Å². The fourth-order valence-electron chi connectivity index (χ4n) is 4.87. The lowest BCUT2D eigenvalue weighted by molar-refractivity contribution is -0.120. The molecule has 2 heterocycles. The molecule has 0 aromatic carbocycles. The Balaban J connectivity index is 1.54. The van der Waals surface area contributed by atoms with E-state index in [9.17, 15) is 9.59 Å². The second-order valence-corrected chi connectivity index (χ2v) is 11.0. The molecule has 2 aliphatic carbocycles. The van der Waals surface area contributed by atoms with Crippen molar-refractivity contribution in [1.82, 2.24) is 14.9 Å². The minimum atomic E-state index is 0.0130. The topological polar surface area (TPSA) is 73.2 Å². The molecule has 1 amide bonds. The van der Waals surface area contributed by atoms with Gasteiger partial charge in [0, 0.05) is 18.0 Å². The summed E-state index contributed by atoms with van der Waals surface area (Å²) in [5.41, 5.74) is 1.21. The lowest BCUT2D eigenvalue weighted by Crippen LogP contribution is -2.44. The van der Waals surface area contributed by atoms with Gasteiger partial charge in [-0.15, -0.1) is 11.3 Å². The van der Waals surface area contributed by atoms with Crippen LogP contribution in [0.25, 0.3) is 10.2 Å². The number of carbonyl (C=O) groups is 1. The SMILES string of the molecule is COCCn1c(SCC(=O)N[C@H]2CCC[C@@H](C)[C@H]2C)nc2sc3c(c2c1=O)CCCC3. The molecule has 31 heavy (non-hydrogen) atoms. The molecule has 2 aromatic rings. The lowest BCUT2D eigenvalue weighted by atomic mass is 9.78. The van der Waals surface area contributed by atoms with Gasteiger partial charge in [-0.2, -0.15) is 0 Å². The number of methoxy groups -OCH3 is 1. The zero-order valence-corrected chi connectivity index (χ0v) is 20.4. The molecule has 0 aliphatic heterocycles. The van der Waals surface area contributed by atoms with Crippen molar-refractivity contribution in [1.29, 1.82) is 0 Å². The first-order valence-corrected chi connectivity index (χ1v) is 13.3. The van der Waals surface area contributed by atoms with Crippen LogP contribution in [0.15, 0.2) is 9.95 Å². The van der Waals surface area contributed by atoms with Gasteiger partial charge in [-0.3, -0.25) is 14.2 Å². The third kappa shape index (κ3) is 4.86. The number of thiophene rings is 1. The van der Waals surface area contributed by atoms with Crippen molar-refractivity contribution in [2.45, 2.75) is 76.5 Å². The molecule has 0 unspecified atom stereocenters. The smallest absolute Gasteiger partial charge is 0.263 e. The van der Waals surface area contributed by atoms with Gasteiger partial charge in [-0.25, -0.2) is 4.98 Å². The maximum absolute atomic E-state index is 13.4. The van der Waals surface area contributed by atoms with Crippen LogP contribution in [0, 0.1) is 11.8 Å². The van der Waals surface area contributed by atoms with Crippen molar-refractivity contribution in [2.75, 3.05) is 19.5 Å². The minimum absolute atomic E-state index is 0.0130. The Morgan fingerprint density at radius 2 is 2.06 bits per heavy atom. The summed E-state index contributed by atoms with van der Waals surface area (Å²) in [6.07, 6.45) is 7.76. The van der Waals surface area contributed by atoms with Crippen LogP contribution in [0.5, 0.6) is 0 Å². The Bertz CT molecular complexity index is 1000. The first kappa shape index (κ1) is 22.8. The number of carbonyl (C=O) groups excluding carboxylic acids is 1. The zero-order valence-electron chi connectivity index (χ0n) is 18.7. The largest absolute Gasteiger partial charge is 0.383 e. The number of rotatable bonds is 7. The van der Waals surface area contributed by atoms with Gasteiger partial charge in [0.05, 0.1) is 24.3 Å². The van der Waals surface area contributed by atoms with E-state index in [4.69, 9.17) is 9.72 Å². The van der Waals surface area contributed by atoms with Gasteiger partial charge >= 0.3 is 0 Å². The second-order valence-electron chi connectivity index (χ2n) is 8.97. The predicted octanol–water partition coefficient (Wildman–Crippen LogP) is 4.02. The van der Waals surface area contributed by atoms with Crippen LogP contribution in [0.3, 0.4) is 0 Å². The predicted molar refractivity (Wildman–Crippen MR) is 127 cm³/mol. The van der Waals surface area contributed by atoms with Crippen LogP contribution >= 0.6 is 23.1 Å². The third-order valence-electron chi connectivity index (χ3n) is 6.94. The Labute approximate surface area is 192 Å². The minimum Gasteiger partial charge on any atom is -0.383 e. The van der Waals surface area contributed by atoms with Crippen molar-refractivity contribution in [3.05, 3.63) is 20.8 Å². The lowest BCUT2D eigenvalue weighted by Gasteiger charge is -2.34. The van der Waals surface area contributed by atoms with Gasteiger partial charge in [-0.05, 0) is 49.5 Å². The summed E-state index contributed by atoms with van der Waals surface area (Å²) in [6.45, 7) is 5.39. The van der Waals surface area contributed by atoms with E-state index >= 15 is 0 Å². The van der Waals surface area contributed by atoms with E-state index in [1.54, 1.807) is 23.0 Å². The van der Waals surface area contributed by atoms with Gasteiger partial charge < -0.3 is 10.1 Å². The number of nitrogens with one attached hydrogen (secondary N) is 1. The summed E-state index contributed by atoms with van der Waals surface area (Å²) in [5.74, 6) is 1.43. The van der Waals surface area contributed by atoms with E-state index in [1.165, 1.54) is 41.5 Å². The number of nitrogens with zero attached hydrogens (tertiary/aromatic N) is 2. The number of hydrogen-bond acceptors (Lipinski definition) is 6. The first-order chi connectivity index (χ1) is 15.0. The van der Waals surface area contributed by atoms with Gasteiger partial charge in [0.15, 0.2) is 5.16 Å². The molecular formula is C23H33N3O3S2. The van der Waals surface area contributed by atoms with E-state index in [2.05, 4.69) is 19.2 Å². The van der Waals surface area contributed by atoms with E-state index < -0.39 is 0 Å². The molecule has 1 saturated carbocycles. The highest BCUT2D eigenvalue weighted by Gasteiger charge is 2.28. The Morgan fingerprint density at radius 1 is 1.26 bits per heavy atom. The molecule has 3 atom stereocenters. The summed E-state index contributed by atoms with van der Waals surface area (Å²) < 4.78 is 6.94. The molecule has 4 rings (SSSR count). The van der Waals surface area contributed by atoms with E-state index in [0.717, 1.165) is 35.9 Å². The normalized spacial score (nSPS) is 23.6. The van der Waals surface area contributed by atoms with Gasteiger partial charge in [-0.1, -0.05) is 38.5 Å². The van der Waals surface area contributed by atoms with Crippen molar-refractivity contribution in [2.24, 2.45) is 11.8 Å². The summed E-state index contributed by atoms with van der Waals surface area (Å²) in [7, 11) is 1.63. The molecule has 0 saturated heterocycles. The Kier molecular flexibility index (Phi) is 7.39. The summed E-state index contributed by atoms with van der Waals surface area (Å²) in [4.78, 5) is 33.1. The number of fused-ring (bicyclic) bond motifs is 3. The molecule has 0 radical (unpaired) electrons. The highest BCUT2D eigenvalue weighted by Crippen LogP contribution is 2.35. The summed E-state index contributed by atoms with van der Waals surface area (Å²) in [6, 6.07) is 0.243. The quantitative estimate of drug-likeness (QED) is 0.496.